The maximum atomic E-state index is 9.00. The summed E-state index contributed by atoms with van der Waals surface area (Å²) >= 11 is 1.72. The lowest BCUT2D eigenvalue weighted by molar-refractivity contribution is 0.491. The molecular weight excluding hydrogens is 216 g/mol. The van der Waals surface area contributed by atoms with Gasteiger partial charge in [-0.1, -0.05) is 12.8 Å². The molecule has 0 amide bonds. The Kier molecular flexibility index (Phi) is 3.30. The predicted molar refractivity (Wildman–Crippen MR) is 66.4 cm³/mol. The Balaban J connectivity index is 2.05. The number of nitriles is 1. The smallest absolute Gasteiger partial charge is 0.0944 e. The predicted octanol–water partition coefficient (Wildman–Crippen LogP) is 3.89. The van der Waals surface area contributed by atoms with Gasteiger partial charge in [0.2, 0.25) is 0 Å². The van der Waals surface area contributed by atoms with Crippen LogP contribution in [0.15, 0.2) is 5.38 Å². The second kappa shape index (κ2) is 4.55. The van der Waals surface area contributed by atoms with E-state index in [1.807, 2.05) is 13.8 Å². The summed E-state index contributed by atoms with van der Waals surface area (Å²) in [6, 6.07) is 2.34. The van der Waals surface area contributed by atoms with Crippen molar-refractivity contribution in [1.82, 2.24) is 4.98 Å². The quantitative estimate of drug-likeness (QED) is 0.795. The summed E-state index contributed by atoms with van der Waals surface area (Å²) in [7, 11) is 0. The first-order valence-corrected chi connectivity index (χ1v) is 6.84. The fourth-order valence-electron chi connectivity index (χ4n) is 2.23. The average molecular weight is 234 g/mol. The molecular formula is C13H18N2S. The van der Waals surface area contributed by atoms with Crippen LogP contribution in [0, 0.1) is 16.7 Å². The van der Waals surface area contributed by atoms with Crippen molar-refractivity contribution < 1.29 is 0 Å². The fourth-order valence-corrected chi connectivity index (χ4v) is 3.34. The first-order valence-electron chi connectivity index (χ1n) is 5.96. The molecule has 0 saturated heterocycles. The van der Waals surface area contributed by atoms with E-state index in [0.717, 1.165) is 11.4 Å². The van der Waals surface area contributed by atoms with E-state index >= 15 is 0 Å². The molecule has 16 heavy (non-hydrogen) atoms. The van der Waals surface area contributed by atoms with E-state index in [1.165, 1.54) is 31.4 Å². The lowest BCUT2D eigenvalue weighted by Crippen LogP contribution is -2.11. The van der Waals surface area contributed by atoms with Crippen molar-refractivity contribution in [2.45, 2.75) is 51.9 Å². The monoisotopic (exact) mass is 234 g/mol. The highest BCUT2D eigenvalue weighted by atomic mass is 32.1. The van der Waals surface area contributed by atoms with Gasteiger partial charge >= 0.3 is 0 Å². The molecule has 0 aliphatic heterocycles. The zero-order valence-electron chi connectivity index (χ0n) is 9.99. The Morgan fingerprint density at radius 2 is 2.19 bits per heavy atom. The molecule has 86 valence electrons. The van der Waals surface area contributed by atoms with Gasteiger partial charge in [0.05, 0.1) is 22.2 Å². The van der Waals surface area contributed by atoms with E-state index in [1.54, 1.807) is 11.3 Å². The number of hydrogen-bond acceptors (Lipinski definition) is 3. The maximum absolute atomic E-state index is 9.00. The molecule has 1 aromatic heterocycles. The highest BCUT2D eigenvalue weighted by Gasteiger charge is 2.23. The van der Waals surface area contributed by atoms with Crippen LogP contribution in [0.2, 0.25) is 0 Å². The summed E-state index contributed by atoms with van der Waals surface area (Å²) in [5, 5.41) is 12.3. The largest absolute Gasteiger partial charge is 0.246 e. The van der Waals surface area contributed by atoms with Crippen LogP contribution in [-0.2, 0) is 6.42 Å². The molecule has 0 spiro atoms. The van der Waals surface area contributed by atoms with Crippen LogP contribution in [0.5, 0.6) is 0 Å². The molecule has 1 heterocycles. The molecule has 1 aliphatic carbocycles. The highest BCUT2D eigenvalue weighted by Crippen LogP contribution is 2.35. The number of thiazole rings is 1. The van der Waals surface area contributed by atoms with Gasteiger partial charge < -0.3 is 0 Å². The van der Waals surface area contributed by atoms with Gasteiger partial charge in [-0.2, -0.15) is 5.26 Å². The Bertz CT molecular complexity index is 394. The lowest BCUT2D eigenvalue weighted by Gasteiger charge is -2.12. The van der Waals surface area contributed by atoms with E-state index in [-0.39, 0.29) is 5.41 Å². The molecule has 0 aromatic carbocycles. The minimum absolute atomic E-state index is 0.287. The number of aromatic nitrogens is 1. The maximum Gasteiger partial charge on any atom is 0.0944 e. The van der Waals surface area contributed by atoms with E-state index < -0.39 is 0 Å². The lowest BCUT2D eigenvalue weighted by atomic mass is 9.92. The second-order valence-electron chi connectivity index (χ2n) is 5.32. The van der Waals surface area contributed by atoms with Crippen LogP contribution < -0.4 is 0 Å². The topological polar surface area (TPSA) is 36.7 Å². The second-order valence-corrected chi connectivity index (χ2v) is 6.26. The molecule has 0 bridgehead atoms. The van der Waals surface area contributed by atoms with Crippen LogP contribution in [0.3, 0.4) is 0 Å². The third kappa shape index (κ3) is 2.62. The van der Waals surface area contributed by atoms with Crippen LogP contribution in [0.4, 0.5) is 0 Å². The number of nitrogens with zero attached hydrogens (tertiary/aromatic N) is 2. The van der Waals surface area contributed by atoms with Crippen molar-refractivity contribution in [2.24, 2.45) is 5.41 Å². The first kappa shape index (κ1) is 11.6. The molecule has 1 aliphatic rings. The Labute approximate surface area is 101 Å². The molecule has 0 N–H and O–H groups in total. The van der Waals surface area contributed by atoms with Gasteiger partial charge in [0.1, 0.15) is 0 Å². The van der Waals surface area contributed by atoms with Gasteiger partial charge in [-0.15, -0.1) is 11.3 Å². The normalized spacial score (nSPS) is 17.6. The van der Waals surface area contributed by atoms with Crippen molar-refractivity contribution in [3.8, 4) is 6.07 Å². The van der Waals surface area contributed by atoms with E-state index in [0.29, 0.717) is 5.92 Å². The van der Waals surface area contributed by atoms with Gasteiger partial charge in [0.15, 0.2) is 0 Å². The standard InChI is InChI=1S/C13H18N2S/c1-13(2,9-14)7-12-15-11(8-16-12)10-5-3-4-6-10/h8,10H,3-7H2,1-2H3. The summed E-state index contributed by atoms with van der Waals surface area (Å²) in [5.41, 5.74) is 0.983. The molecule has 0 radical (unpaired) electrons. The summed E-state index contributed by atoms with van der Waals surface area (Å²) in [6.45, 7) is 3.95. The number of hydrogen-bond donors (Lipinski definition) is 0. The van der Waals surface area contributed by atoms with Crippen molar-refractivity contribution in [2.75, 3.05) is 0 Å². The summed E-state index contributed by atoms with van der Waals surface area (Å²) in [5.74, 6) is 0.690. The van der Waals surface area contributed by atoms with Crippen molar-refractivity contribution in [3.63, 3.8) is 0 Å². The first-order chi connectivity index (χ1) is 7.61. The molecule has 1 aromatic rings. The summed E-state index contributed by atoms with van der Waals surface area (Å²) in [4.78, 5) is 4.69. The molecule has 1 saturated carbocycles. The molecule has 0 unspecified atom stereocenters. The Hall–Kier alpha value is -0.880. The van der Waals surface area contributed by atoms with Crippen molar-refractivity contribution >= 4 is 11.3 Å². The van der Waals surface area contributed by atoms with Gasteiger partial charge in [-0.05, 0) is 26.7 Å². The zero-order chi connectivity index (χ0) is 11.6. The van der Waals surface area contributed by atoms with E-state index in [2.05, 4.69) is 11.4 Å². The molecule has 1 fully saturated rings. The molecule has 3 heteroatoms. The summed E-state index contributed by atoms with van der Waals surface area (Å²) < 4.78 is 0. The van der Waals surface area contributed by atoms with Crippen molar-refractivity contribution in [3.05, 3.63) is 16.1 Å². The van der Waals surface area contributed by atoms with Gasteiger partial charge in [0, 0.05) is 17.7 Å². The number of rotatable bonds is 3. The van der Waals surface area contributed by atoms with E-state index in [9.17, 15) is 0 Å². The van der Waals surface area contributed by atoms with Gasteiger partial charge in [-0.25, -0.2) is 4.98 Å². The Morgan fingerprint density at radius 1 is 1.50 bits per heavy atom. The Morgan fingerprint density at radius 3 is 2.81 bits per heavy atom. The van der Waals surface area contributed by atoms with Crippen molar-refractivity contribution in [1.29, 1.82) is 5.26 Å². The van der Waals surface area contributed by atoms with Crippen LogP contribution in [0.25, 0.3) is 0 Å². The van der Waals surface area contributed by atoms with Gasteiger partial charge in [-0.3, -0.25) is 0 Å². The summed E-state index contributed by atoms with van der Waals surface area (Å²) in [6.07, 6.45) is 6.07. The third-order valence-corrected chi connectivity index (χ3v) is 4.11. The van der Waals surface area contributed by atoms with Crippen LogP contribution in [-0.4, -0.2) is 4.98 Å². The van der Waals surface area contributed by atoms with Gasteiger partial charge in [0.25, 0.3) is 0 Å². The molecule has 2 rings (SSSR count). The SMILES string of the molecule is CC(C)(C#N)Cc1nc(C2CCCC2)cs1. The van der Waals surface area contributed by atoms with Crippen LogP contribution in [0.1, 0.15) is 56.2 Å². The minimum atomic E-state index is -0.287. The third-order valence-electron chi connectivity index (χ3n) is 3.24. The van der Waals surface area contributed by atoms with E-state index in [4.69, 9.17) is 10.2 Å². The fraction of sp³-hybridized carbons (Fsp3) is 0.692. The molecule has 2 nitrogen and oxygen atoms in total. The minimum Gasteiger partial charge on any atom is -0.246 e. The average Bonchev–Trinajstić information content (AvgIpc) is 2.86. The van der Waals surface area contributed by atoms with Crippen LogP contribution >= 0.6 is 11.3 Å². The zero-order valence-corrected chi connectivity index (χ0v) is 10.8. The highest BCUT2D eigenvalue weighted by molar-refractivity contribution is 7.09. The molecule has 0 atom stereocenters.